The number of rotatable bonds is 6. The van der Waals surface area contributed by atoms with Crippen LogP contribution >= 0.6 is 11.6 Å². The van der Waals surface area contributed by atoms with Gasteiger partial charge < -0.3 is 4.90 Å². The first kappa shape index (κ1) is 20.3. The van der Waals surface area contributed by atoms with Crippen molar-refractivity contribution in [1.82, 2.24) is 0 Å². The Kier molecular flexibility index (Phi) is 6.31. The van der Waals surface area contributed by atoms with Crippen LogP contribution in [0.1, 0.15) is 18.1 Å². The molecule has 2 aromatic carbocycles. The summed E-state index contributed by atoms with van der Waals surface area (Å²) in [6.45, 7) is 5.78. The molecule has 0 heterocycles. The maximum Gasteiger partial charge on any atom is 0.247 e. The highest BCUT2D eigenvalue weighted by Crippen LogP contribution is 2.25. The normalized spacial score (nSPS) is 11.3. The average Bonchev–Trinajstić information content (AvgIpc) is 2.55. The Morgan fingerprint density at radius 3 is 2.31 bits per heavy atom. The largest absolute Gasteiger partial charge is 0.311 e. The fraction of sp³-hybridized carbons (Fsp3) is 0.316. The van der Waals surface area contributed by atoms with Gasteiger partial charge in [0.1, 0.15) is 6.54 Å². The Hall–Kier alpha value is -2.05. The van der Waals surface area contributed by atoms with Crippen molar-refractivity contribution in [2.24, 2.45) is 0 Å². The molecule has 0 atom stereocenters. The van der Waals surface area contributed by atoms with Gasteiger partial charge in [-0.15, -0.1) is 0 Å². The van der Waals surface area contributed by atoms with E-state index in [1.165, 1.54) is 0 Å². The molecule has 140 valence electrons. The van der Waals surface area contributed by atoms with E-state index in [1.807, 2.05) is 45.0 Å². The zero-order chi connectivity index (χ0) is 19.5. The van der Waals surface area contributed by atoms with Crippen LogP contribution in [0, 0.1) is 13.8 Å². The van der Waals surface area contributed by atoms with Crippen LogP contribution in [0.15, 0.2) is 42.5 Å². The molecule has 0 spiro atoms. The van der Waals surface area contributed by atoms with Gasteiger partial charge >= 0.3 is 0 Å². The van der Waals surface area contributed by atoms with Gasteiger partial charge in [0, 0.05) is 17.3 Å². The first-order valence-electron chi connectivity index (χ1n) is 8.24. The van der Waals surface area contributed by atoms with Crippen molar-refractivity contribution in [3.05, 3.63) is 58.6 Å². The molecule has 26 heavy (non-hydrogen) atoms. The molecule has 0 bridgehead atoms. The Bertz CT molecular complexity index is 913. The maximum atomic E-state index is 12.9. The molecule has 2 rings (SSSR count). The van der Waals surface area contributed by atoms with E-state index < -0.39 is 10.0 Å². The molecule has 7 heteroatoms. The summed E-state index contributed by atoms with van der Waals surface area (Å²) < 4.78 is 25.6. The summed E-state index contributed by atoms with van der Waals surface area (Å²) >= 11 is 6.13. The first-order chi connectivity index (χ1) is 12.1. The van der Waals surface area contributed by atoms with Crippen LogP contribution < -0.4 is 9.21 Å². The van der Waals surface area contributed by atoms with Gasteiger partial charge in [0.2, 0.25) is 15.9 Å². The van der Waals surface area contributed by atoms with Crippen LogP contribution in [0.25, 0.3) is 0 Å². The number of amides is 1. The third kappa shape index (κ3) is 4.77. The summed E-state index contributed by atoms with van der Waals surface area (Å²) in [5, 5.41) is 0.453. The van der Waals surface area contributed by atoms with E-state index in [-0.39, 0.29) is 12.5 Å². The van der Waals surface area contributed by atoms with E-state index >= 15 is 0 Å². The highest BCUT2D eigenvalue weighted by atomic mass is 35.5. The number of aryl methyl sites for hydroxylation is 2. The molecule has 0 aliphatic rings. The molecule has 0 aliphatic heterocycles. The van der Waals surface area contributed by atoms with E-state index in [4.69, 9.17) is 11.6 Å². The Morgan fingerprint density at radius 1 is 1.08 bits per heavy atom. The fourth-order valence-corrected chi connectivity index (χ4v) is 3.66. The number of likely N-dealkylation sites (N-methyl/N-ethyl adjacent to an activating group) is 1. The fourth-order valence-electron chi connectivity index (χ4n) is 2.64. The molecule has 0 saturated heterocycles. The molecule has 0 unspecified atom stereocenters. The third-order valence-electron chi connectivity index (χ3n) is 4.05. The molecule has 1 amide bonds. The first-order valence-corrected chi connectivity index (χ1v) is 10.5. The van der Waals surface area contributed by atoms with Gasteiger partial charge in [-0.3, -0.25) is 9.10 Å². The van der Waals surface area contributed by atoms with Crippen LogP contribution in [-0.4, -0.2) is 33.7 Å². The summed E-state index contributed by atoms with van der Waals surface area (Å²) in [5.41, 5.74) is 2.98. The summed E-state index contributed by atoms with van der Waals surface area (Å²) in [7, 11) is -3.65. The summed E-state index contributed by atoms with van der Waals surface area (Å²) in [6, 6.07) is 12.5. The van der Waals surface area contributed by atoms with Crippen molar-refractivity contribution in [2.45, 2.75) is 20.8 Å². The van der Waals surface area contributed by atoms with Crippen LogP contribution in [0.5, 0.6) is 0 Å². The lowest BCUT2D eigenvalue weighted by Gasteiger charge is -2.27. The summed E-state index contributed by atoms with van der Waals surface area (Å²) in [4.78, 5) is 14.4. The lowest BCUT2D eigenvalue weighted by atomic mass is 10.2. The van der Waals surface area contributed by atoms with E-state index in [2.05, 4.69) is 0 Å². The van der Waals surface area contributed by atoms with E-state index in [9.17, 15) is 13.2 Å². The van der Waals surface area contributed by atoms with Gasteiger partial charge in [-0.1, -0.05) is 29.8 Å². The van der Waals surface area contributed by atoms with E-state index in [0.29, 0.717) is 17.3 Å². The number of carbonyl (C=O) groups is 1. The van der Waals surface area contributed by atoms with Gasteiger partial charge in [-0.05, 0) is 56.2 Å². The van der Waals surface area contributed by atoms with Gasteiger partial charge in [-0.2, -0.15) is 0 Å². The van der Waals surface area contributed by atoms with Crippen LogP contribution in [0.2, 0.25) is 5.02 Å². The Labute approximate surface area is 160 Å². The quantitative estimate of drug-likeness (QED) is 0.749. The van der Waals surface area contributed by atoms with Crippen molar-refractivity contribution >= 4 is 38.9 Å². The number of benzene rings is 2. The summed E-state index contributed by atoms with van der Waals surface area (Å²) in [5.74, 6) is -0.305. The second-order valence-corrected chi connectivity index (χ2v) is 8.49. The Morgan fingerprint density at radius 2 is 1.77 bits per heavy atom. The zero-order valence-electron chi connectivity index (χ0n) is 15.4. The van der Waals surface area contributed by atoms with Gasteiger partial charge in [0.25, 0.3) is 0 Å². The van der Waals surface area contributed by atoms with Gasteiger partial charge in [0.15, 0.2) is 0 Å². The molecule has 2 aromatic rings. The molecule has 0 saturated carbocycles. The molecular weight excluding hydrogens is 372 g/mol. The molecule has 5 nitrogen and oxygen atoms in total. The standard InChI is InChI=1S/C19H23ClN2O3S/c1-5-21(16-8-6-7-14(2)11-16)19(23)13-22(26(4,24)25)17-10-9-15(3)18(20)12-17/h6-12H,5,13H2,1-4H3. The van der Waals surface area contributed by atoms with Crippen LogP contribution in [-0.2, 0) is 14.8 Å². The molecule has 0 fully saturated rings. The van der Waals surface area contributed by atoms with E-state index in [0.717, 1.165) is 27.4 Å². The maximum absolute atomic E-state index is 12.9. The molecule has 0 N–H and O–H groups in total. The minimum absolute atomic E-state index is 0.292. The second kappa shape index (κ2) is 8.10. The van der Waals surface area contributed by atoms with Gasteiger partial charge in [-0.25, -0.2) is 8.42 Å². The minimum atomic E-state index is -3.65. The van der Waals surface area contributed by atoms with Crippen molar-refractivity contribution in [3.8, 4) is 0 Å². The lowest BCUT2D eigenvalue weighted by Crippen LogP contribution is -2.42. The molecule has 0 aromatic heterocycles. The smallest absolute Gasteiger partial charge is 0.247 e. The highest BCUT2D eigenvalue weighted by Gasteiger charge is 2.24. The Balaban J connectivity index is 2.35. The predicted molar refractivity (Wildman–Crippen MR) is 108 cm³/mol. The molecule has 0 aliphatic carbocycles. The lowest BCUT2D eigenvalue weighted by molar-refractivity contribution is -0.117. The van der Waals surface area contributed by atoms with Crippen molar-refractivity contribution in [1.29, 1.82) is 0 Å². The molecule has 0 radical (unpaired) electrons. The number of nitrogens with zero attached hydrogens (tertiary/aromatic N) is 2. The number of sulfonamides is 1. The highest BCUT2D eigenvalue weighted by molar-refractivity contribution is 7.92. The van der Waals surface area contributed by atoms with Crippen molar-refractivity contribution in [2.75, 3.05) is 28.6 Å². The van der Waals surface area contributed by atoms with E-state index in [1.54, 1.807) is 23.1 Å². The van der Waals surface area contributed by atoms with Crippen molar-refractivity contribution < 1.29 is 13.2 Å². The number of carbonyl (C=O) groups excluding carboxylic acids is 1. The zero-order valence-corrected chi connectivity index (χ0v) is 16.9. The topological polar surface area (TPSA) is 57.7 Å². The monoisotopic (exact) mass is 394 g/mol. The van der Waals surface area contributed by atoms with Gasteiger partial charge in [0.05, 0.1) is 11.9 Å². The number of hydrogen-bond acceptors (Lipinski definition) is 3. The van der Waals surface area contributed by atoms with Crippen LogP contribution in [0.3, 0.4) is 0 Å². The minimum Gasteiger partial charge on any atom is -0.311 e. The predicted octanol–water partition coefficient (Wildman–Crippen LogP) is 3.78. The summed E-state index contributed by atoms with van der Waals surface area (Å²) in [6.07, 6.45) is 1.08. The van der Waals surface area contributed by atoms with Crippen LogP contribution in [0.4, 0.5) is 11.4 Å². The SMILES string of the molecule is CCN(C(=O)CN(c1ccc(C)c(Cl)c1)S(C)(=O)=O)c1cccc(C)c1. The van der Waals surface area contributed by atoms with Crippen molar-refractivity contribution in [3.63, 3.8) is 0 Å². The number of halogens is 1. The number of hydrogen-bond donors (Lipinski definition) is 0. The third-order valence-corrected chi connectivity index (χ3v) is 5.60. The molecular formula is C19H23ClN2O3S. The average molecular weight is 395 g/mol. The number of anilines is 2. The second-order valence-electron chi connectivity index (χ2n) is 6.18.